The zero-order valence-electron chi connectivity index (χ0n) is 28.0. The average molecular weight is 641 g/mol. The van der Waals surface area contributed by atoms with E-state index in [1.54, 1.807) is 0 Å². The summed E-state index contributed by atoms with van der Waals surface area (Å²) in [5.41, 5.74) is 9.02. The van der Waals surface area contributed by atoms with E-state index in [1.165, 1.54) is 54.6 Å². The number of para-hydroxylation sites is 2. The minimum atomic E-state index is 0.327. The van der Waals surface area contributed by atoms with Crippen LogP contribution in [0.3, 0.4) is 0 Å². The fourth-order valence-corrected chi connectivity index (χ4v) is 7.84. The van der Waals surface area contributed by atoms with E-state index >= 15 is 0 Å². The Labute approximate surface area is 292 Å². The maximum Gasteiger partial charge on any atom is 0.145 e. The van der Waals surface area contributed by atoms with E-state index in [0.717, 1.165) is 28.1 Å². The number of aromatic nitrogens is 2. The zero-order valence-corrected chi connectivity index (χ0v) is 28.0. The van der Waals surface area contributed by atoms with Gasteiger partial charge in [0.25, 0.3) is 0 Å². The lowest BCUT2D eigenvalue weighted by atomic mass is 9.79. The summed E-state index contributed by atoms with van der Waals surface area (Å²) < 4.78 is 2.23. The molecule has 0 radical (unpaired) electrons. The minimum Gasteiger partial charge on any atom is -0.292 e. The Morgan fingerprint density at radius 1 is 0.680 bits per heavy atom. The lowest BCUT2D eigenvalue weighted by Crippen LogP contribution is -2.11. The first-order chi connectivity index (χ1) is 24.7. The molecule has 0 fully saturated rings. The van der Waals surface area contributed by atoms with Crippen LogP contribution in [0.5, 0.6) is 0 Å². The molecule has 2 aliphatic carbocycles. The molecule has 0 bridgehead atoms. The number of nitrogens with zero attached hydrogens (tertiary/aromatic N) is 2. The average Bonchev–Trinajstić information content (AvgIpc) is 3.56. The quantitative estimate of drug-likeness (QED) is 0.131. The van der Waals surface area contributed by atoms with Crippen molar-refractivity contribution in [2.24, 2.45) is 11.8 Å². The van der Waals surface area contributed by atoms with Crippen LogP contribution in [0.25, 0.3) is 77.1 Å². The largest absolute Gasteiger partial charge is 0.292 e. The molecular weight excluding hydrogens is 605 g/mol. The van der Waals surface area contributed by atoms with Crippen LogP contribution in [0.4, 0.5) is 0 Å². The number of allylic oxidation sites excluding steroid dienone is 13. The maximum absolute atomic E-state index is 5.24. The van der Waals surface area contributed by atoms with E-state index in [0.29, 0.717) is 11.8 Å². The summed E-state index contributed by atoms with van der Waals surface area (Å²) in [6.45, 7) is 6.22. The van der Waals surface area contributed by atoms with Crippen molar-refractivity contribution >= 4 is 54.6 Å². The lowest BCUT2D eigenvalue weighted by Gasteiger charge is -2.25. The van der Waals surface area contributed by atoms with Crippen molar-refractivity contribution < 1.29 is 0 Å². The van der Waals surface area contributed by atoms with Crippen LogP contribution in [0.2, 0.25) is 0 Å². The first-order valence-corrected chi connectivity index (χ1v) is 17.4. The van der Waals surface area contributed by atoms with E-state index < -0.39 is 0 Å². The molecule has 238 valence electrons. The Morgan fingerprint density at radius 2 is 1.40 bits per heavy atom. The second-order valence-corrected chi connectivity index (χ2v) is 13.1. The number of rotatable bonds is 6. The van der Waals surface area contributed by atoms with Gasteiger partial charge in [0.05, 0.1) is 11.0 Å². The Kier molecular flexibility index (Phi) is 7.36. The van der Waals surface area contributed by atoms with Gasteiger partial charge in [-0.3, -0.25) is 4.57 Å². The molecule has 9 rings (SSSR count). The predicted molar refractivity (Wildman–Crippen MR) is 215 cm³/mol. The molecule has 2 atom stereocenters. The maximum atomic E-state index is 5.24. The molecule has 50 heavy (non-hydrogen) atoms. The molecular formula is C48H36N2. The smallest absolute Gasteiger partial charge is 0.145 e. The summed E-state index contributed by atoms with van der Waals surface area (Å²) in [4.78, 5) is 5.24. The van der Waals surface area contributed by atoms with Gasteiger partial charge in [0.2, 0.25) is 0 Å². The van der Waals surface area contributed by atoms with Gasteiger partial charge in [-0.25, -0.2) is 4.98 Å². The number of benzene rings is 6. The van der Waals surface area contributed by atoms with E-state index in [2.05, 4.69) is 175 Å². The highest BCUT2D eigenvalue weighted by molar-refractivity contribution is 6.20. The van der Waals surface area contributed by atoms with E-state index in [9.17, 15) is 0 Å². The van der Waals surface area contributed by atoms with Crippen LogP contribution in [0.1, 0.15) is 12.5 Å². The number of fused-ring (bicyclic) bond motifs is 5. The number of imidazole rings is 1. The highest BCUT2D eigenvalue weighted by atomic mass is 15.1. The third-order valence-corrected chi connectivity index (χ3v) is 10.2. The van der Waals surface area contributed by atoms with Crippen LogP contribution in [-0.4, -0.2) is 9.55 Å². The third-order valence-electron chi connectivity index (χ3n) is 10.2. The highest BCUT2D eigenvalue weighted by Gasteiger charge is 2.24. The summed E-state index contributed by atoms with van der Waals surface area (Å²) in [5, 5.41) is 7.42. The molecule has 2 unspecified atom stereocenters. The standard InChI is InChI=1S/C48H36N2/c1-3-5-18-39(4-2)50-45-22-13-12-21-44(45)49-48(50)38-27-28-42-43(31-38)47(37-26-24-33-15-7-9-17-35(33)30-37)41-20-11-10-19-40(41)46(42)36-25-23-32-14-6-8-16-34(32)29-36/h3-31,33,35H,2H2,1H3/b5-3-,39-18+. The van der Waals surface area contributed by atoms with Gasteiger partial charge < -0.3 is 0 Å². The molecule has 0 saturated carbocycles. The predicted octanol–water partition coefficient (Wildman–Crippen LogP) is 12.7. The van der Waals surface area contributed by atoms with Crippen molar-refractivity contribution in [3.63, 3.8) is 0 Å². The zero-order chi connectivity index (χ0) is 33.6. The van der Waals surface area contributed by atoms with Gasteiger partial charge in [-0.1, -0.05) is 146 Å². The molecule has 1 heterocycles. The topological polar surface area (TPSA) is 17.8 Å². The van der Waals surface area contributed by atoms with Gasteiger partial charge in [0.1, 0.15) is 5.82 Å². The molecule has 0 N–H and O–H groups in total. The van der Waals surface area contributed by atoms with Crippen LogP contribution >= 0.6 is 0 Å². The lowest BCUT2D eigenvalue weighted by molar-refractivity contribution is 0.663. The fourth-order valence-electron chi connectivity index (χ4n) is 7.84. The van der Waals surface area contributed by atoms with Gasteiger partial charge >= 0.3 is 0 Å². The SMILES string of the molecule is C=C/C(=C\C=C/C)n1c(-c2ccc3c(-c4ccc5ccccc5c4)c4ccccc4c(C4=CC5C=CC=CC5C=C4)c3c2)nc2ccccc21. The summed E-state index contributed by atoms with van der Waals surface area (Å²) >= 11 is 0. The van der Waals surface area contributed by atoms with Gasteiger partial charge in [-0.05, 0) is 97.9 Å². The van der Waals surface area contributed by atoms with Gasteiger partial charge in [-0.15, -0.1) is 0 Å². The molecule has 0 spiro atoms. The molecule has 0 amide bonds. The van der Waals surface area contributed by atoms with Crippen molar-refractivity contribution in [1.29, 1.82) is 0 Å². The molecule has 1 aromatic heterocycles. The molecule has 2 nitrogen and oxygen atoms in total. The summed E-state index contributed by atoms with van der Waals surface area (Å²) in [7, 11) is 0. The third kappa shape index (κ3) is 4.92. The highest BCUT2D eigenvalue weighted by Crippen LogP contribution is 2.46. The van der Waals surface area contributed by atoms with Crippen molar-refractivity contribution in [2.45, 2.75) is 6.92 Å². The van der Waals surface area contributed by atoms with Crippen LogP contribution in [0, 0.1) is 11.8 Å². The molecule has 0 aliphatic heterocycles. The molecule has 7 aromatic rings. The van der Waals surface area contributed by atoms with Gasteiger partial charge in [0, 0.05) is 23.1 Å². The number of hydrogen-bond acceptors (Lipinski definition) is 1. The molecule has 6 aromatic carbocycles. The molecule has 2 aliphatic rings. The van der Waals surface area contributed by atoms with E-state index in [4.69, 9.17) is 4.98 Å². The van der Waals surface area contributed by atoms with Crippen LogP contribution in [0.15, 0.2) is 183 Å². The summed E-state index contributed by atoms with van der Waals surface area (Å²) in [6, 6.07) is 39.7. The Hall–Kier alpha value is -6.25. The molecule has 0 saturated heterocycles. The monoisotopic (exact) mass is 640 g/mol. The summed E-state index contributed by atoms with van der Waals surface area (Å²) in [5.74, 6) is 1.60. The first-order valence-electron chi connectivity index (χ1n) is 17.4. The fraction of sp³-hybridized carbons (Fsp3) is 0.0625. The summed E-state index contributed by atoms with van der Waals surface area (Å²) in [6.07, 6.45) is 24.2. The Bertz CT molecular complexity index is 2690. The Balaban J connectivity index is 1.38. The van der Waals surface area contributed by atoms with Gasteiger partial charge in [0.15, 0.2) is 0 Å². The number of hydrogen-bond donors (Lipinski definition) is 0. The minimum absolute atomic E-state index is 0.327. The van der Waals surface area contributed by atoms with Crippen molar-refractivity contribution in [1.82, 2.24) is 9.55 Å². The van der Waals surface area contributed by atoms with Gasteiger partial charge in [-0.2, -0.15) is 0 Å². The normalized spacial score (nSPS) is 17.3. The van der Waals surface area contributed by atoms with Crippen LogP contribution < -0.4 is 0 Å². The molecule has 2 heteroatoms. The van der Waals surface area contributed by atoms with E-state index in [1.807, 2.05) is 19.1 Å². The van der Waals surface area contributed by atoms with Crippen molar-refractivity contribution in [3.05, 3.63) is 188 Å². The van der Waals surface area contributed by atoms with Crippen molar-refractivity contribution in [2.75, 3.05) is 0 Å². The van der Waals surface area contributed by atoms with Crippen molar-refractivity contribution in [3.8, 4) is 22.5 Å². The second-order valence-electron chi connectivity index (χ2n) is 13.1. The second kappa shape index (κ2) is 12.3. The van der Waals surface area contributed by atoms with E-state index in [-0.39, 0.29) is 0 Å². The Morgan fingerprint density at radius 3 is 2.24 bits per heavy atom. The first kappa shape index (κ1) is 29.9. The van der Waals surface area contributed by atoms with Crippen LogP contribution in [-0.2, 0) is 0 Å².